The van der Waals surface area contributed by atoms with Gasteiger partial charge in [0.1, 0.15) is 10.7 Å². The standard InChI is InChI=1S/C19H16ClN3O2S/c1-23(2)19(25)13-6-4-8-15(10-13)21-17(24)16-11-26-18(22-16)12-5-3-7-14(20)9-12/h3-11H,1-2H3,(H,21,24). The van der Waals surface area contributed by atoms with E-state index in [0.29, 0.717) is 27.0 Å². The molecule has 3 aromatic rings. The van der Waals surface area contributed by atoms with Crippen molar-refractivity contribution in [1.29, 1.82) is 0 Å². The van der Waals surface area contributed by atoms with Crippen molar-refractivity contribution in [2.45, 2.75) is 0 Å². The van der Waals surface area contributed by atoms with Crippen molar-refractivity contribution in [3.63, 3.8) is 0 Å². The molecule has 0 bridgehead atoms. The van der Waals surface area contributed by atoms with Gasteiger partial charge in [0.05, 0.1) is 0 Å². The maximum absolute atomic E-state index is 12.5. The molecule has 0 atom stereocenters. The van der Waals surface area contributed by atoms with Gasteiger partial charge in [0.15, 0.2) is 0 Å². The number of aromatic nitrogens is 1. The van der Waals surface area contributed by atoms with E-state index in [0.717, 1.165) is 5.56 Å². The quantitative estimate of drug-likeness (QED) is 0.723. The molecule has 0 aliphatic carbocycles. The maximum atomic E-state index is 12.5. The number of benzene rings is 2. The van der Waals surface area contributed by atoms with E-state index < -0.39 is 0 Å². The smallest absolute Gasteiger partial charge is 0.275 e. The van der Waals surface area contributed by atoms with Crippen molar-refractivity contribution >= 4 is 40.4 Å². The van der Waals surface area contributed by atoms with E-state index in [1.54, 1.807) is 55.9 Å². The molecule has 0 fully saturated rings. The van der Waals surface area contributed by atoms with Crippen molar-refractivity contribution < 1.29 is 9.59 Å². The van der Waals surface area contributed by atoms with E-state index in [-0.39, 0.29) is 11.8 Å². The van der Waals surface area contributed by atoms with Crippen LogP contribution in [-0.4, -0.2) is 35.8 Å². The summed E-state index contributed by atoms with van der Waals surface area (Å²) in [6.45, 7) is 0. The van der Waals surface area contributed by atoms with Gasteiger partial charge in [-0.05, 0) is 30.3 Å². The molecule has 7 heteroatoms. The third kappa shape index (κ3) is 4.09. The number of hydrogen-bond acceptors (Lipinski definition) is 4. The highest BCUT2D eigenvalue weighted by atomic mass is 35.5. The van der Waals surface area contributed by atoms with Crippen molar-refractivity contribution in [3.8, 4) is 10.6 Å². The normalized spacial score (nSPS) is 10.4. The third-order valence-electron chi connectivity index (χ3n) is 3.58. The SMILES string of the molecule is CN(C)C(=O)c1cccc(NC(=O)c2csc(-c3cccc(Cl)c3)n2)c1. The molecule has 3 rings (SSSR count). The van der Waals surface area contributed by atoms with E-state index in [2.05, 4.69) is 10.3 Å². The number of halogens is 1. The summed E-state index contributed by atoms with van der Waals surface area (Å²) in [5.74, 6) is -0.457. The highest BCUT2D eigenvalue weighted by Gasteiger charge is 2.14. The second-order valence-electron chi connectivity index (χ2n) is 5.78. The van der Waals surface area contributed by atoms with Gasteiger partial charge in [-0.15, -0.1) is 11.3 Å². The minimum atomic E-state index is -0.330. The van der Waals surface area contributed by atoms with Gasteiger partial charge in [-0.2, -0.15) is 0 Å². The molecule has 0 aliphatic rings. The van der Waals surface area contributed by atoms with E-state index in [9.17, 15) is 9.59 Å². The summed E-state index contributed by atoms with van der Waals surface area (Å²) in [5, 5.41) is 5.81. The second-order valence-corrected chi connectivity index (χ2v) is 7.08. The van der Waals surface area contributed by atoms with Crippen LogP contribution in [0, 0.1) is 0 Å². The summed E-state index contributed by atoms with van der Waals surface area (Å²) in [5.41, 5.74) is 2.22. The van der Waals surface area contributed by atoms with Gasteiger partial charge in [0, 0.05) is 41.3 Å². The predicted molar refractivity (Wildman–Crippen MR) is 105 cm³/mol. The zero-order chi connectivity index (χ0) is 18.7. The molecular weight excluding hydrogens is 370 g/mol. The molecule has 132 valence electrons. The predicted octanol–water partition coefficient (Wildman–Crippen LogP) is 4.42. The number of carbonyl (C=O) groups excluding carboxylic acids is 2. The fraction of sp³-hybridized carbons (Fsp3) is 0.105. The van der Waals surface area contributed by atoms with Crippen LogP contribution < -0.4 is 5.32 Å². The van der Waals surface area contributed by atoms with Crippen LogP contribution in [0.25, 0.3) is 10.6 Å². The number of nitrogens with zero attached hydrogens (tertiary/aromatic N) is 2. The molecule has 0 unspecified atom stereocenters. The lowest BCUT2D eigenvalue weighted by Gasteiger charge is -2.11. The minimum Gasteiger partial charge on any atom is -0.345 e. The third-order valence-corrected chi connectivity index (χ3v) is 4.71. The van der Waals surface area contributed by atoms with Crippen molar-refractivity contribution in [1.82, 2.24) is 9.88 Å². The number of rotatable bonds is 4. The Hall–Kier alpha value is -2.70. The second kappa shape index (κ2) is 7.68. The topological polar surface area (TPSA) is 62.3 Å². The monoisotopic (exact) mass is 385 g/mol. The van der Waals surface area contributed by atoms with Gasteiger partial charge < -0.3 is 10.2 Å². The van der Waals surface area contributed by atoms with Gasteiger partial charge in [0.25, 0.3) is 11.8 Å². The molecule has 0 spiro atoms. The molecule has 5 nitrogen and oxygen atoms in total. The number of amides is 2. The van der Waals surface area contributed by atoms with E-state index in [4.69, 9.17) is 11.6 Å². The Balaban J connectivity index is 1.77. The van der Waals surface area contributed by atoms with Crippen LogP contribution in [0.4, 0.5) is 5.69 Å². The number of hydrogen-bond donors (Lipinski definition) is 1. The first-order chi connectivity index (χ1) is 12.4. The molecule has 1 N–H and O–H groups in total. The summed E-state index contributed by atoms with van der Waals surface area (Å²) in [6.07, 6.45) is 0. The molecular formula is C19H16ClN3O2S. The molecule has 2 aromatic carbocycles. The summed E-state index contributed by atoms with van der Waals surface area (Å²) < 4.78 is 0. The number of nitrogens with one attached hydrogen (secondary N) is 1. The average molecular weight is 386 g/mol. The van der Waals surface area contributed by atoms with Crippen molar-refractivity contribution in [2.75, 3.05) is 19.4 Å². The Bertz CT molecular complexity index is 969. The van der Waals surface area contributed by atoms with Gasteiger partial charge in [0.2, 0.25) is 0 Å². The Morgan fingerprint density at radius 2 is 1.88 bits per heavy atom. The first-order valence-electron chi connectivity index (χ1n) is 7.78. The maximum Gasteiger partial charge on any atom is 0.275 e. The zero-order valence-electron chi connectivity index (χ0n) is 14.2. The summed E-state index contributed by atoms with van der Waals surface area (Å²) in [6, 6.07) is 14.1. The largest absolute Gasteiger partial charge is 0.345 e. The Labute approximate surface area is 160 Å². The molecule has 0 saturated heterocycles. The summed E-state index contributed by atoms with van der Waals surface area (Å²) in [7, 11) is 3.36. The van der Waals surface area contributed by atoms with Gasteiger partial charge in [-0.3, -0.25) is 9.59 Å². The molecule has 0 radical (unpaired) electrons. The molecule has 0 aliphatic heterocycles. The Morgan fingerprint density at radius 3 is 2.62 bits per heavy atom. The van der Waals surface area contributed by atoms with Crippen LogP contribution in [0.1, 0.15) is 20.8 Å². The summed E-state index contributed by atoms with van der Waals surface area (Å²) in [4.78, 5) is 30.3. The highest BCUT2D eigenvalue weighted by molar-refractivity contribution is 7.13. The van der Waals surface area contributed by atoms with Gasteiger partial charge >= 0.3 is 0 Å². The number of thiazole rings is 1. The average Bonchev–Trinajstić information content (AvgIpc) is 3.11. The molecule has 2 amide bonds. The van der Waals surface area contributed by atoms with Crippen LogP contribution in [0.2, 0.25) is 5.02 Å². The number of anilines is 1. The lowest BCUT2D eigenvalue weighted by molar-refractivity contribution is 0.0827. The molecule has 26 heavy (non-hydrogen) atoms. The molecule has 1 heterocycles. The van der Waals surface area contributed by atoms with Crippen LogP contribution >= 0.6 is 22.9 Å². The Morgan fingerprint density at radius 1 is 1.12 bits per heavy atom. The lowest BCUT2D eigenvalue weighted by atomic mass is 10.2. The van der Waals surface area contributed by atoms with E-state index in [1.165, 1.54) is 16.2 Å². The fourth-order valence-corrected chi connectivity index (χ4v) is 3.30. The van der Waals surface area contributed by atoms with Gasteiger partial charge in [-0.25, -0.2) is 4.98 Å². The lowest BCUT2D eigenvalue weighted by Crippen LogP contribution is -2.22. The summed E-state index contributed by atoms with van der Waals surface area (Å²) >= 11 is 7.37. The molecule has 1 aromatic heterocycles. The van der Waals surface area contributed by atoms with Crippen LogP contribution in [0.15, 0.2) is 53.9 Å². The molecule has 0 saturated carbocycles. The minimum absolute atomic E-state index is 0.127. The van der Waals surface area contributed by atoms with Crippen LogP contribution in [0.5, 0.6) is 0 Å². The van der Waals surface area contributed by atoms with Crippen LogP contribution in [0.3, 0.4) is 0 Å². The van der Waals surface area contributed by atoms with Crippen molar-refractivity contribution in [2.24, 2.45) is 0 Å². The number of carbonyl (C=O) groups is 2. The fourth-order valence-electron chi connectivity index (χ4n) is 2.32. The van der Waals surface area contributed by atoms with Gasteiger partial charge in [-0.1, -0.05) is 29.8 Å². The Kier molecular flexibility index (Phi) is 5.35. The van der Waals surface area contributed by atoms with E-state index >= 15 is 0 Å². The van der Waals surface area contributed by atoms with Crippen molar-refractivity contribution in [3.05, 3.63) is 70.2 Å². The van der Waals surface area contributed by atoms with Crippen LogP contribution in [-0.2, 0) is 0 Å². The highest BCUT2D eigenvalue weighted by Crippen LogP contribution is 2.26. The first-order valence-corrected chi connectivity index (χ1v) is 9.04. The zero-order valence-corrected chi connectivity index (χ0v) is 15.8. The van der Waals surface area contributed by atoms with E-state index in [1.807, 2.05) is 12.1 Å². The first kappa shape index (κ1) is 18.1.